The van der Waals surface area contributed by atoms with Crippen molar-refractivity contribution in [3.05, 3.63) is 11.8 Å². The van der Waals surface area contributed by atoms with Crippen molar-refractivity contribution in [2.75, 3.05) is 0 Å². The lowest BCUT2D eigenvalue weighted by atomic mass is 10.1. The van der Waals surface area contributed by atoms with Crippen LogP contribution in [0.15, 0.2) is 16.8 Å². The molecule has 0 unspecified atom stereocenters. The fraction of sp³-hybridized carbons (Fsp3) is 0.700. The van der Waals surface area contributed by atoms with Crippen molar-refractivity contribution >= 4 is 5.90 Å². The van der Waals surface area contributed by atoms with E-state index in [4.69, 9.17) is 10.7 Å². The fourth-order valence-corrected chi connectivity index (χ4v) is 1.20. The number of nitrogens with two attached hydrogens (primary N) is 1. The Labute approximate surface area is 79.6 Å². The summed E-state index contributed by atoms with van der Waals surface area (Å²) in [6.07, 6.45) is 4.32. The molecule has 74 valence electrons. The standard InChI is InChI=1S/C10H18N2O/c1-4-9(7(2)3)12-10(13-11)8-5-6-8/h4,7-8H,5-6,11H2,1-3H3/b9-4-,12-10-. The molecule has 0 aromatic heterocycles. The molecular formula is C10H18N2O. The van der Waals surface area contributed by atoms with E-state index in [0.29, 0.717) is 17.7 Å². The van der Waals surface area contributed by atoms with Crippen LogP contribution in [0.5, 0.6) is 0 Å². The number of hydrogen-bond acceptors (Lipinski definition) is 3. The Bertz CT molecular complexity index is 227. The molecule has 13 heavy (non-hydrogen) atoms. The van der Waals surface area contributed by atoms with Gasteiger partial charge in [-0.2, -0.15) is 5.90 Å². The summed E-state index contributed by atoms with van der Waals surface area (Å²) in [5.74, 6) is 6.75. The van der Waals surface area contributed by atoms with Crippen LogP contribution >= 0.6 is 0 Å². The smallest absolute Gasteiger partial charge is 0.216 e. The van der Waals surface area contributed by atoms with Gasteiger partial charge in [-0.1, -0.05) is 19.9 Å². The SMILES string of the molecule is C/C=C(\N=C(/ON)C1CC1)C(C)C. The maximum atomic E-state index is 5.16. The molecule has 1 aliphatic carbocycles. The van der Waals surface area contributed by atoms with Crippen molar-refractivity contribution in [1.29, 1.82) is 0 Å². The van der Waals surface area contributed by atoms with Crippen LogP contribution in [0.1, 0.15) is 33.6 Å². The van der Waals surface area contributed by atoms with Gasteiger partial charge in [0.25, 0.3) is 0 Å². The zero-order valence-electron chi connectivity index (χ0n) is 8.58. The Morgan fingerprint density at radius 1 is 1.54 bits per heavy atom. The summed E-state index contributed by atoms with van der Waals surface area (Å²) in [4.78, 5) is 9.17. The van der Waals surface area contributed by atoms with Crippen LogP contribution in [-0.4, -0.2) is 5.90 Å². The molecule has 0 radical (unpaired) electrons. The van der Waals surface area contributed by atoms with E-state index in [-0.39, 0.29) is 0 Å². The van der Waals surface area contributed by atoms with Crippen molar-refractivity contribution in [2.45, 2.75) is 33.6 Å². The van der Waals surface area contributed by atoms with Gasteiger partial charge in [0.2, 0.25) is 5.90 Å². The minimum atomic E-state index is 0.425. The van der Waals surface area contributed by atoms with E-state index in [9.17, 15) is 0 Å². The summed E-state index contributed by atoms with van der Waals surface area (Å²) in [5, 5.41) is 0. The van der Waals surface area contributed by atoms with Gasteiger partial charge in [-0.3, -0.25) is 0 Å². The van der Waals surface area contributed by atoms with E-state index in [1.54, 1.807) is 0 Å². The first-order valence-corrected chi connectivity index (χ1v) is 4.80. The van der Waals surface area contributed by atoms with E-state index in [1.165, 1.54) is 0 Å². The Balaban J connectivity index is 2.69. The van der Waals surface area contributed by atoms with Crippen LogP contribution in [0.25, 0.3) is 0 Å². The summed E-state index contributed by atoms with van der Waals surface area (Å²) in [6.45, 7) is 6.21. The van der Waals surface area contributed by atoms with Gasteiger partial charge < -0.3 is 4.84 Å². The van der Waals surface area contributed by atoms with Gasteiger partial charge in [0.15, 0.2) is 0 Å². The van der Waals surface area contributed by atoms with Crippen molar-refractivity contribution in [1.82, 2.24) is 0 Å². The molecule has 0 amide bonds. The third-order valence-electron chi connectivity index (χ3n) is 2.17. The van der Waals surface area contributed by atoms with Gasteiger partial charge >= 0.3 is 0 Å². The number of hydrogen-bond donors (Lipinski definition) is 1. The topological polar surface area (TPSA) is 47.6 Å². The Kier molecular flexibility index (Phi) is 3.48. The molecule has 0 saturated heterocycles. The monoisotopic (exact) mass is 182 g/mol. The van der Waals surface area contributed by atoms with Gasteiger partial charge in [-0.15, -0.1) is 0 Å². The predicted octanol–water partition coefficient (Wildman–Crippen LogP) is 2.25. The number of allylic oxidation sites excluding steroid dienone is 2. The van der Waals surface area contributed by atoms with Crippen LogP contribution < -0.4 is 5.90 Å². The summed E-state index contributed by atoms with van der Waals surface area (Å²) < 4.78 is 0. The van der Waals surface area contributed by atoms with Gasteiger partial charge in [-0.25, -0.2) is 4.99 Å². The molecule has 0 heterocycles. The zero-order chi connectivity index (χ0) is 9.84. The lowest BCUT2D eigenvalue weighted by molar-refractivity contribution is 0.306. The predicted molar refractivity (Wildman–Crippen MR) is 54.0 cm³/mol. The summed E-state index contributed by atoms with van der Waals surface area (Å²) in [6, 6.07) is 0. The van der Waals surface area contributed by atoms with Crippen molar-refractivity contribution in [3.8, 4) is 0 Å². The highest BCUT2D eigenvalue weighted by molar-refractivity contribution is 5.81. The van der Waals surface area contributed by atoms with Crippen LogP contribution in [0.2, 0.25) is 0 Å². The summed E-state index contributed by atoms with van der Waals surface area (Å²) in [5.41, 5.74) is 1.05. The lowest BCUT2D eigenvalue weighted by Crippen LogP contribution is -2.13. The largest absolute Gasteiger partial charge is 0.396 e. The Morgan fingerprint density at radius 2 is 2.15 bits per heavy atom. The highest BCUT2D eigenvalue weighted by Crippen LogP contribution is 2.31. The lowest BCUT2D eigenvalue weighted by Gasteiger charge is -2.07. The molecule has 1 fully saturated rings. The van der Waals surface area contributed by atoms with E-state index < -0.39 is 0 Å². The quantitative estimate of drug-likeness (QED) is 0.413. The molecule has 0 aliphatic heterocycles. The maximum absolute atomic E-state index is 5.16. The van der Waals surface area contributed by atoms with Crippen LogP contribution in [0.4, 0.5) is 0 Å². The second kappa shape index (κ2) is 4.42. The molecule has 0 bridgehead atoms. The molecule has 2 N–H and O–H groups in total. The van der Waals surface area contributed by atoms with E-state index in [0.717, 1.165) is 18.5 Å². The van der Waals surface area contributed by atoms with E-state index >= 15 is 0 Å². The van der Waals surface area contributed by atoms with Gasteiger partial charge in [0, 0.05) is 11.6 Å². The van der Waals surface area contributed by atoms with Crippen molar-refractivity contribution in [2.24, 2.45) is 22.7 Å². The van der Waals surface area contributed by atoms with Gasteiger partial charge in [0.05, 0.1) is 0 Å². The number of aliphatic imine (C=N–C) groups is 1. The van der Waals surface area contributed by atoms with Crippen LogP contribution in [0.3, 0.4) is 0 Å². The molecule has 0 atom stereocenters. The first-order chi connectivity index (χ1) is 6.19. The first kappa shape index (κ1) is 10.3. The molecule has 1 saturated carbocycles. The second-order valence-corrected chi connectivity index (χ2v) is 3.71. The minimum Gasteiger partial charge on any atom is -0.396 e. The average molecular weight is 182 g/mol. The second-order valence-electron chi connectivity index (χ2n) is 3.71. The Hall–Kier alpha value is -0.830. The van der Waals surface area contributed by atoms with E-state index in [1.807, 2.05) is 13.0 Å². The van der Waals surface area contributed by atoms with Crippen LogP contribution in [0, 0.1) is 11.8 Å². The molecule has 3 nitrogen and oxygen atoms in total. The number of nitrogens with zero attached hydrogens (tertiary/aromatic N) is 1. The normalized spacial score (nSPS) is 19.5. The summed E-state index contributed by atoms with van der Waals surface area (Å²) in [7, 11) is 0. The molecule has 0 aromatic carbocycles. The highest BCUT2D eigenvalue weighted by atomic mass is 16.6. The fourth-order valence-electron chi connectivity index (χ4n) is 1.20. The van der Waals surface area contributed by atoms with Crippen LogP contribution in [-0.2, 0) is 4.84 Å². The third kappa shape index (κ3) is 2.84. The zero-order valence-corrected chi connectivity index (χ0v) is 8.58. The molecule has 0 spiro atoms. The third-order valence-corrected chi connectivity index (χ3v) is 2.17. The average Bonchev–Trinajstić information content (AvgIpc) is 2.89. The Morgan fingerprint density at radius 3 is 2.46 bits per heavy atom. The van der Waals surface area contributed by atoms with Crippen molar-refractivity contribution in [3.63, 3.8) is 0 Å². The molecule has 3 heteroatoms. The van der Waals surface area contributed by atoms with Gasteiger partial charge in [-0.05, 0) is 25.7 Å². The molecule has 0 aromatic rings. The molecule has 1 aliphatic rings. The first-order valence-electron chi connectivity index (χ1n) is 4.80. The molecule has 1 rings (SSSR count). The highest BCUT2D eigenvalue weighted by Gasteiger charge is 2.29. The summed E-state index contributed by atoms with van der Waals surface area (Å²) >= 11 is 0. The van der Waals surface area contributed by atoms with E-state index in [2.05, 4.69) is 18.8 Å². The number of rotatable bonds is 3. The molecular weight excluding hydrogens is 164 g/mol. The minimum absolute atomic E-state index is 0.425. The maximum Gasteiger partial charge on any atom is 0.216 e. The van der Waals surface area contributed by atoms with Gasteiger partial charge in [0.1, 0.15) is 0 Å². The van der Waals surface area contributed by atoms with Crippen molar-refractivity contribution < 1.29 is 4.84 Å².